The fourth-order valence-corrected chi connectivity index (χ4v) is 3.43. The zero-order valence-corrected chi connectivity index (χ0v) is 15.3. The van der Waals surface area contributed by atoms with Crippen LogP contribution in [0.2, 0.25) is 0 Å². The number of ketones is 2. The van der Waals surface area contributed by atoms with Gasteiger partial charge in [-0.15, -0.1) is 0 Å². The van der Waals surface area contributed by atoms with Crippen LogP contribution in [0, 0.1) is 23.7 Å². The van der Waals surface area contributed by atoms with Crippen molar-refractivity contribution in [2.45, 2.75) is 72.8 Å². The smallest absolute Gasteiger partial charge is 0.176 e. The third-order valence-electron chi connectivity index (χ3n) is 5.02. The van der Waals surface area contributed by atoms with E-state index in [-0.39, 0.29) is 11.5 Å². The molecule has 1 aliphatic rings. The molecule has 0 amide bonds. The van der Waals surface area contributed by atoms with Gasteiger partial charge in [0, 0.05) is 0 Å². The van der Waals surface area contributed by atoms with Crippen molar-refractivity contribution in [3.05, 3.63) is 11.3 Å². The average molecular weight is 324 g/mol. The van der Waals surface area contributed by atoms with Gasteiger partial charge >= 0.3 is 0 Å². The van der Waals surface area contributed by atoms with Crippen LogP contribution in [-0.4, -0.2) is 27.4 Å². The zero-order valence-electron chi connectivity index (χ0n) is 15.3. The Morgan fingerprint density at radius 3 is 2.04 bits per heavy atom. The summed E-state index contributed by atoms with van der Waals surface area (Å²) in [6.07, 6.45) is 2.86. The van der Waals surface area contributed by atoms with Gasteiger partial charge in [0.1, 0.15) is 16.9 Å². The molecule has 1 aliphatic carbocycles. The maximum atomic E-state index is 12.6. The second kappa shape index (κ2) is 7.61. The molecule has 0 fully saturated rings. The van der Waals surface area contributed by atoms with E-state index in [1.54, 1.807) is 0 Å². The summed E-state index contributed by atoms with van der Waals surface area (Å²) in [4.78, 5) is 24.4. The van der Waals surface area contributed by atoms with Gasteiger partial charge in [-0.25, -0.2) is 0 Å². The Morgan fingerprint density at radius 2 is 1.61 bits per heavy atom. The van der Waals surface area contributed by atoms with Gasteiger partial charge in [-0.2, -0.15) is 0 Å². The lowest BCUT2D eigenvalue weighted by Crippen LogP contribution is -2.45. The van der Waals surface area contributed by atoms with Crippen LogP contribution in [0.25, 0.3) is 0 Å². The van der Waals surface area contributed by atoms with Gasteiger partial charge in [0.2, 0.25) is 0 Å². The Hall–Kier alpha value is -1.16. The number of hydrogen-bond donors (Lipinski definition) is 2. The Bertz CT molecular complexity index is 490. The van der Waals surface area contributed by atoms with E-state index in [1.165, 1.54) is 6.92 Å². The molecule has 0 heterocycles. The monoisotopic (exact) mass is 324 g/mol. The highest BCUT2D eigenvalue weighted by Gasteiger charge is 2.56. The van der Waals surface area contributed by atoms with Gasteiger partial charge in [0.05, 0.1) is 5.92 Å². The quantitative estimate of drug-likeness (QED) is 0.666. The first-order chi connectivity index (χ1) is 10.5. The molecule has 2 N–H and O–H groups in total. The van der Waals surface area contributed by atoms with Crippen LogP contribution in [0.3, 0.4) is 0 Å². The molecule has 0 aromatic rings. The lowest BCUT2D eigenvalue weighted by molar-refractivity contribution is -0.129. The van der Waals surface area contributed by atoms with Crippen LogP contribution in [-0.2, 0) is 9.59 Å². The van der Waals surface area contributed by atoms with Crippen molar-refractivity contribution in [1.29, 1.82) is 0 Å². The van der Waals surface area contributed by atoms with E-state index in [9.17, 15) is 19.8 Å². The molecule has 3 unspecified atom stereocenters. The van der Waals surface area contributed by atoms with Crippen LogP contribution >= 0.6 is 0 Å². The molecule has 0 radical (unpaired) electrons. The first kappa shape index (κ1) is 19.9. The van der Waals surface area contributed by atoms with Crippen LogP contribution in [0.15, 0.2) is 11.3 Å². The van der Waals surface area contributed by atoms with Crippen LogP contribution < -0.4 is 0 Å². The highest BCUT2D eigenvalue weighted by Crippen LogP contribution is 2.46. The molecule has 0 spiro atoms. The molecular weight excluding hydrogens is 292 g/mol. The summed E-state index contributed by atoms with van der Waals surface area (Å²) in [5, 5.41) is 21.7. The van der Waals surface area contributed by atoms with Crippen molar-refractivity contribution in [3.8, 4) is 0 Å². The van der Waals surface area contributed by atoms with Crippen LogP contribution in [0.4, 0.5) is 0 Å². The molecule has 0 aliphatic heterocycles. The van der Waals surface area contributed by atoms with Crippen molar-refractivity contribution in [2.75, 3.05) is 0 Å². The maximum absolute atomic E-state index is 12.6. The number of hydrogen-bond acceptors (Lipinski definition) is 4. The van der Waals surface area contributed by atoms with E-state index in [4.69, 9.17) is 0 Å². The van der Waals surface area contributed by atoms with Gasteiger partial charge in [-0.05, 0) is 37.5 Å². The average Bonchev–Trinajstić information content (AvgIpc) is 2.62. The summed E-state index contributed by atoms with van der Waals surface area (Å²) in [6, 6.07) is 0. The highest BCUT2D eigenvalue weighted by molar-refractivity contribution is 6.22. The van der Waals surface area contributed by atoms with E-state index >= 15 is 0 Å². The summed E-state index contributed by atoms with van der Waals surface area (Å²) < 4.78 is 0. The Kier molecular flexibility index (Phi) is 6.58. The number of allylic oxidation sites excluding steroid dienone is 1. The summed E-state index contributed by atoms with van der Waals surface area (Å²) in [5.41, 5.74) is -1.81. The van der Waals surface area contributed by atoms with Crippen molar-refractivity contribution in [3.63, 3.8) is 0 Å². The number of carbonyl (C=O) groups excluding carboxylic acids is 2. The summed E-state index contributed by atoms with van der Waals surface area (Å²) in [5.74, 6) is -1.38. The number of carbonyl (C=O) groups is 2. The van der Waals surface area contributed by atoms with Crippen molar-refractivity contribution in [1.82, 2.24) is 0 Å². The lowest BCUT2D eigenvalue weighted by Gasteiger charge is -2.36. The second-order valence-electron chi connectivity index (χ2n) is 7.87. The first-order valence-electron chi connectivity index (χ1n) is 8.74. The minimum absolute atomic E-state index is 0.197. The molecule has 3 atom stereocenters. The third kappa shape index (κ3) is 4.03. The largest absolute Gasteiger partial charge is 0.508 e. The molecule has 132 valence electrons. The van der Waals surface area contributed by atoms with Crippen LogP contribution in [0.5, 0.6) is 0 Å². The Morgan fingerprint density at radius 1 is 1.09 bits per heavy atom. The molecule has 0 bridgehead atoms. The fraction of sp³-hybridized carbons (Fsp3) is 0.789. The summed E-state index contributed by atoms with van der Waals surface area (Å²) in [7, 11) is 0. The molecule has 0 aromatic heterocycles. The molecule has 4 heteroatoms. The van der Waals surface area contributed by atoms with E-state index in [2.05, 4.69) is 27.7 Å². The van der Waals surface area contributed by atoms with E-state index in [0.717, 1.165) is 12.8 Å². The van der Waals surface area contributed by atoms with E-state index in [0.29, 0.717) is 24.7 Å². The molecule has 0 saturated carbocycles. The van der Waals surface area contributed by atoms with Crippen molar-refractivity contribution >= 4 is 11.6 Å². The fourth-order valence-electron chi connectivity index (χ4n) is 3.43. The summed E-state index contributed by atoms with van der Waals surface area (Å²) in [6.45, 7) is 11.4. The number of Topliss-reactive ketones (excluding diaryl/α,β-unsaturated/α-hetero) is 2. The lowest BCUT2D eigenvalue weighted by atomic mass is 9.74. The van der Waals surface area contributed by atoms with Gasteiger partial charge in [-0.3, -0.25) is 9.59 Å². The Balaban J connectivity index is 3.17. The molecule has 23 heavy (non-hydrogen) atoms. The normalized spacial score (nSPS) is 26.5. The molecule has 4 nitrogen and oxygen atoms in total. The van der Waals surface area contributed by atoms with Crippen LogP contribution in [0.1, 0.15) is 67.2 Å². The molecule has 0 aromatic carbocycles. The topological polar surface area (TPSA) is 74.6 Å². The number of aliphatic hydroxyl groups is 2. The maximum Gasteiger partial charge on any atom is 0.176 e. The number of rotatable bonds is 8. The van der Waals surface area contributed by atoms with Crippen molar-refractivity contribution in [2.24, 2.45) is 23.7 Å². The third-order valence-corrected chi connectivity index (χ3v) is 5.02. The van der Waals surface area contributed by atoms with E-state index in [1.807, 2.05) is 6.92 Å². The second-order valence-corrected chi connectivity index (χ2v) is 7.87. The summed E-state index contributed by atoms with van der Waals surface area (Å²) >= 11 is 0. The molecular formula is C19H32O4. The SMILES string of the molecule is CC(=O)C1=C(O)C(O)(C(C)CCC(C)C)C(CCC(C)C)C1=O. The predicted molar refractivity (Wildman–Crippen MR) is 91.1 cm³/mol. The standard InChI is InChI=1S/C19H32O4/c1-11(2)7-9-13(5)19(23)15(10-8-12(3)4)17(21)16(14(6)20)18(19)22/h11-13,15,22-23H,7-10H2,1-6H3. The van der Waals surface area contributed by atoms with Gasteiger partial charge in [0.25, 0.3) is 0 Å². The minimum Gasteiger partial charge on any atom is -0.508 e. The zero-order chi connectivity index (χ0) is 17.9. The predicted octanol–water partition coefficient (Wildman–Crippen LogP) is 3.83. The van der Waals surface area contributed by atoms with Gasteiger partial charge < -0.3 is 10.2 Å². The highest BCUT2D eigenvalue weighted by atomic mass is 16.3. The molecule has 1 rings (SSSR count). The van der Waals surface area contributed by atoms with E-state index < -0.39 is 28.8 Å². The number of aliphatic hydroxyl groups excluding tert-OH is 1. The first-order valence-corrected chi connectivity index (χ1v) is 8.74. The van der Waals surface area contributed by atoms with Gasteiger partial charge in [0.15, 0.2) is 11.6 Å². The molecule has 0 saturated heterocycles. The van der Waals surface area contributed by atoms with Crippen molar-refractivity contribution < 1.29 is 19.8 Å². The Labute approximate surface area is 140 Å². The van der Waals surface area contributed by atoms with Gasteiger partial charge in [-0.1, -0.05) is 47.5 Å². The minimum atomic E-state index is -1.61.